The van der Waals surface area contributed by atoms with Gasteiger partial charge in [-0.2, -0.15) is 0 Å². The van der Waals surface area contributed by atoms with Gasteiger partial charge in [-0.05, 0) is 6.42 Å². The highest BCUT2D eigenvalue weighted by atomic mass is 16.4. The van der Waals surface area contributed by atoms with Crippen molar-refractivity contribution in [3.05, 3.63) is 0 Å². The smallest absolute Gasteiger partial charge is 0.414 e. The van der Waals surface area contributed by atoms with Gasteiger partial charge in [-0.3, -0.25) is 4.79 Å². The molecule has 32 heavy (non-hydrogen) atoms. The van der Waals surface area contributed by atoms with Crippen molar-refractivity contribution in [3.8, 4) is 0 Å². The van der Waals surface area contributed by atoms with Gasteiger partial charge in [0, 0.05) is 6.42 Å². The summed E-state index contributed by atoms with van der Waals surface area (Å²) in [6.07, 6.45) is 19.2. The van der Waals surface area contributed by atoms with Gasteiger partial charge >= 0.3 is 17.9 Å². The van der Waals surface area contributed by atoms with E-state index >= 15 is 0 Å². The number of aliphatic carboxylic acids is 3. The number of carbonyl (C=O) groups is 3. The first-order chi connectivity index (χ1) is 15.2. The van der Waals surface area contributed by atoms with Crippen LogP contribution in [0, 0.1) is 0 Å². The van der Waals surface area contributed by atoms with Crippen LogP contribution in [0.2, 0.25) is 0 Å². The highest BCUT2D eigenvalue weighted by Crippen LogP contribution is 2.13. The predicted molar refractivity (Wildman–Crippen MR) is 123 cm³/mol. The van der Waals surface area contributed by atoms with Crippen LogP contribution in [0.1, 0.15) is 110 Å². The van der Waals surface area contributed by atoms with Crippen molar-refractivity contribution in [2.24, 2.45) is 0 Å². The average molecular weight is 467 g/mol. The Balaban J connectivity index is -0.000000571. The highest BCUT2D eigenvalue weighted by molar-refractivity contribution is 6.27. The summed E-state index contributed by atoms with van der Waals surface area (Å²) in [6.45, 7) is 1.54. The predicted octanol–water partition coefficient (Wildman–Crippen LogP) is 3.82. The molecular weight excluding hydrogens is 420 g/mol. The molecule has 9 heteroatoms. The Labute approximate surface area is 192 Å². The molecule has 0 aromatic heterocycles. The van der Waals surface area contributed by atoms with Crippen LogP contribution in [0.3, 0.4) is 0 Å². The van der Waals surface area contributed by atoms with Crippen LogP contribution < -0.4 is 0 Å². The van der Waals surface area contributed by atoms with Gasteiger partial charge in [-0.25, -0.2) is 9.59 Å². The van der Waals surface area contributed by atoms with Crippen LogP contribution in [0.15, 0.2) is 0 Å². The molecule has 0 rings (SSSR count). The van der Waals surface area contributed by atoms with Gasteiger partial charge in [0.15, 0.2) is 0 Å². The van der Waals surface area contributed by atoms with E-state index in [9.17, 15) is 4.79 Å². The van der Waals surface area contributed by atoms with Crippen molar-refractivity contribution in [3.63, 3.8) is 0 Å². The molecule has 0 unspecified atom stereocenters. The van der Waals surface area contributed by atoms with Crippen LogP contribution in [-0.2, 0) is 14.4 Å². The minimum absolute atomic E-state index is 0.345. The molecule has 0 bridgehead atoms. The summed E-state index contributed by atoms with van der Waals surface area (Å²) < 4.78 is 0. The molecule has 0 amide bonds. The lowest BCUT2D eigenvalue weighted by Gasteiger charge is -2.03. The molecule has 0 saturated carbocycles. The maximum atomic E-state index is 10.3. The number of aliphatic hydroxyl groups excluding tert-OH is 3. The molecule has 0 aliphatic heterocycles. The minimum Gasteiger partial charge on any atom is -0.481 e. The summed E-state index contributed by atoms with van der Waals surface area (Å²) in [7, 11) is 0. The van der Waals surface area contributed by atoms with E-state index in [0.29, 0.717) is 6.42 Å². The fourth-order valence-corrected chi connectivity index (χ4v) is 2.71. The number of hydrogen-bond donors (Lipinski definition) is 6. The fourth-order valence-electron chi connectivity index (χ4n) is 2.71. The first-order valence-electron chi connectivity index (χ1n) is 11.8. The molecule has 0 aromatic carbocycles. The van der Waals surface area contributed by atoms with E-state index in [1.54, 1.807) is 0 Å². The van der Waals surface area contributed by atoms with E-state index in [4.69, 9.17) is 40.2 Å². The van der Waals surface area contributed by atoms with Crippen LogP contribution in [0.4, 0.5) is 0 Å². The largest absolute Gasteiger partial charge is 0.481 e. The molecule has 0 spiro atoms. The van der Waals surface area contributed by atoms with Crippen LogP contribution in [-0.4, -0.2) is 67.9 Å². The van der Waals surface area contributed by atoms with Gasteiger partial charge in [-0.1, -0.05) is 96.8 Å². The van der Waals surface area contributed by atoms with Gasteiger partial charge in [0.2, 0.25) is 0 Å². The van der Waals surface area contributed by atoms with Gasteiger partial charge in [0.25, 0.3) is 0 Å². The van der Waals surface area contributed by atoms with Crippen LogP contribution >= 0.6 is 0 Å². The van der Waals surface area contributed by atoms with Gasteiger partial charge in [-0.15, -0.1) is 0 Å². The van der Waals surface area contributed by atoms with E-state index in [1.807, 2.05) is 0 Å². The molecule has 0 aromatic rings. The summed E-state index contributed by atoms with van der Waals surface area (Å²) in [4.78, 5) is 28.5. The molecule has 6 N–H and O–H groups in total. The van der Waals surface area contributed by atoms with Crippen molar-refractivity contribution in [2.75, 3.05) is 13.2 Å². The Kier molecular flexibility index (Phi) is 31.9. The summed E-state index contributed by atoms with van der Waals surface area (Å²) in [5, 5.41) is 47.3. The fraction of sp³-hybridized carbons (Fsp3) is 0.870. The van der Waals surface area contributed by atoms with Gasteiger partial charge < -0.3 is 30.6 Å². The van der Waals surface area contributed by atoms with E-state index < -0.39 is 24.0 Å². The third-order valence-electron chi connectivity index (χ3n) is 4.60. The molecule has 0 atom stereocenters. The van der Waals surface area contributed by atoms with Crippen LogP contribution in [0.25, 0.3) is 0 Å². The topological polar surface area (TPSA) is 173 Å². The van der Waals surface area contributed by atoms with E-state index in [-0.39, 0.29) is 13.2 Å². The summed E-state index contributed by atoms with van der Waals surface area (Å²) in [6, 6.07) is 0. The van der Waals surface area contributed by atoms with Crippen LogP contribution in [0.5, 0.6) is 0 Å². The van der Waals surface area contributed by atoms with Crippen molar-refractivity contribution in [1.82, 2.24) is 0 Å². The quantitative estimate of drug-likeness (QED) is 0.130. The molecular formula is C23H46O9. The second kappa shape index (κ2) is 29.3. The Morgan fingerprint density at radius 3 is 1.03 bits per heavy atom. The zero-order valence-corrected chi connectivity index (χ0v) is 19.7. The lowest BCUT2D eigenvalue weighted by atomic mass is 10.0. The first-order valence-corrected chi connectivity index (χ1v) is 11.8. The standard InChI is InChI=1S/C18H36O2.C3H8O3.C2H2O4/c1-2-3-4-5-6-7-8-9-10-11-12-13-14-15-16-17-18(19)20;4-1-3(6)2-5;3-1(4)2(5)6/h2-17H2,1H3,(H,19,20);3-6H,1-2H2;(H,3,4)(H,5,6). The summed E-state index contributed by atoms with van der Waals surface area (Å²) in [5.41, 5.74) is 0. The van der Waals surface area contributed by atoms with Crippen molar-refractivity contribution in [2.45, 2.75) is 116 Å². The van der Waals surface area contributed by atoms with E-state index in [1.165, 1.54) is 83.5 Å². The normalized spacial score (nSPS) is 10.0. The van der Waals surface area contributed by atoms with Gasteiger partial charge in [0.1, 0.15) is 6.10 Å². The monoisotopic (exact) mass is 466 g/mol. The zero-order valence-electron chi connectivity index (χ0n) is 19.7. The molecule has 0 aliphatic carbocycles. The van der Waals surface area contributed by atoms with Gasteiger partial charge in [0.05, 0.1) is 13.2 Å². The number of rotatable bonds is 18. The minimum atomic E-state index is -1.82. The number of carboxylic acid groups (broad SMARTS) is 3. The highest BCUT2D eigenvalue weighted by Gasteiger charge is 2.04. The Bertz CT molecular complexity index is 412. The Morgan fingerprint density at radius 2 is 0.844 bits per heavy atom. The third-order valence-corrected chi connectivity index (χ3v) is 4.60. The van der Waals surface area contributed by atoms with Crippen molar-refractivity contribution >= 4 is 17.9 Å². The lowest BCUT2D eigenvalue weighted by Crippen LogP contribution is -2.15. The molecule has 0 heterocycles. The molecule has 0 saturated heterocycles. The number of unbranched alkanes of at least 4 members (excludes halogenated alkanes) is 14. The maximum Gasteiger partial charge on any atom is 0.414 e. The summed E-state index contributed by atoms with van der Waals surface area (Å²) >= 11 is 0. The van der Waals surface area contributed by atoms with E-state index in [0.717, 1.165) is 12.8 Å². The Morgan fingerprint density at radius 1 is 0.562 bits per heavy atom. The molecule has 0 fully saturated rings. The van der Waals surface area contributed by atoms with Crippen molar-refractivity contribution in [1.29, 1.82) is 0 Å². The second-order valence-electron chi connectivity index (χ2n) is 7.72. The number of carboxylic acids is 3. The molecule has 192 valence electrons. The number of aliphatic hydroxyl groups is 3. The Hall–Kier alpha value is -1.71. The zero-order chi connectivity index (χ0) is 25.0. The maximum absolute atomic E-state index is 10.3. The van der Waals surface area contributed by atoms with E-state index in [2.05, 4.69) is 6.92 Å². The lowest BCUT2D eigenvalue weighted by molar-refractivity contribution is -0.159. The second-order valence-corrected chi connectivity index (χ2v) is 7.72. The third kappa shape index (κ3) is 38.8. The van der Waals surface area contributed by atoms with Crippen molar-refractivity contribution < 1.29 is 45.0 Å². The molecule has 0 radical (unpaired) electrons. The molecule has 0 aliphatic rings. The SMILES string of the molecule is CCCCCCCCCCCCCCCCCC(=O)O.O=C(O)C(=O)O.OCC(O)CO. The number of hydrogen-bond acceptors (Lipinski definition) is 6. The first kappa shape index (κ1) is 34.9. The molecule has 9 nitrogen and oxygen atoms in total. The summed E-state index contributed by atoms with van der Waals surface area (Å²) in [5.74, 6) is -4.30. The average Bonchev–Trinajstić information content (AvgIpc) is 2.76.